The summed E-state index contributed by atoms with van der Waals surface area (Å²) < 4.78 is 0. The van der Waals surface area contributed by atoms with Crippen LogP contribution in [0.25, 0.3) is 0 Å². The summed E-state index contributed by atoms with van der Waals surface area (Å²) >= 11 is 0. The topological polar surface area (TPSA) is 41.1 Å². The Balaban J connectivity index is 1.70. The predicted octanol–water partition coefficient (Wildman–Crippen LogP) is 1.26. The standard InChI is InChI=1S/C14H20N2O/c1-11-4-2-3-5-13(11)6-7-14(17)16-10-12-8-15-9-12/h2-5,12,15H,6-10H2,1H3,(H,16,17). The molecule has 1 fully saturated rings. The van der Waals surface area contributed by atoms with E-state index in [1.54, 1.807) is 0 Å². The van der Waals surface area contributed by atoms with Crippen LogP contribution in [0.15, 0.2) is 24.3 Å². The van der Waals surface area contributed by atoms with Crippen LogP contribution in [0.2, 0.25) is 0 Å². The van der Waals surface area contributed by atoms with Gasteiger partial charge in [0, 0.05) is 32.0 Å². The highest BCUT2D eigenvalue weighted by molar-refractivity contribution is 5.76. The first-order chi connectivity index (χ1) is 8.25. The molecule has 17 heavy (non-hydrogen) atoms. The van der Waals surface area contributed by atoms with Gasteiger partial charge in [0.2, 0.25) is 5.91 Å². The number of rotatable bonds is 5. The second-order valence-corrected chi connectivity index (χ2v) is 4.75. The Morgan fingerprint density at radius 1 is 1.41 bits per heavy atom. The third kappa shape index (κ3) is 3.56. The molecule has 0 aromatic heterocycles. The minimum atomic E-state index is 0.167. The van der Waals surface area contributed by atoms with E-state index in [1.165, 1.54) is 11.1 Å². The zero-order chi connectivity index (χ0) is 12.1. The summed E-state index contributed by atoms with van der Waals surface area (Å²) in [7, 11) is 0. The molecule has 1 aliphatic rings. The van der Waals surface area contributed by atoms with Gasteiger partial charge in [-0.3, -0.25) is 4.79 Å². The Morgan fingerprint density at radius 2 is 2.18 bits per heavy atom. The molecule has 0 bridgehead atoms. The van der Waals surface area contributed by atoms with E-state index in [0.717, 1.165) is 26.1 Å². The SMILES string of the molecule is Cc1ccccc1CCC(=O)NCC1CNC1. The summed E-state index contributed by atoms with van der Waals surface area (Å²) in [6.45, 7) is 4.99. The molecule has 0 saturated carbocycles. The maximum absolute atomic E-state index is 11.6. The van der Waals surface area contributed by atoms with Crippen molar-refractivity contribution in [3.05, 3.63) is 35.4 Å². The zero-order valence-electron chi connectivity index (χ0n) is 10.3. The highest BCUT2D eigenvalue weighted by atomic mass is 16.1. The Morgan fingerprint density at radius 3 is 2.82 bits per heavy atom. The lowest BCUT2D eigenvalue weighted by Gasteiger charge is -2.27. The van der Waals surface area contributed by atoms with Crippen molar-refractivity contribution in [1.82, 2.24) is 10.6 Å². The van der Waals surface area contributed by atoms with Crippen LogP contribution in [-0.2, 0) is 11.2 Å². The largest absolute Gasteiger partial charge is 0.356 e. The molecule has 2 N–H and O–H groups in total. The van der Waals surface area contributed by atoms with E-state index in [2.05, 4.69) is 29.7 Å². The van der Waals surface area contributed by atoms with Crippen molar-refractivity contribution in [2.24, 2.45) is 5.92 Å². The predicted molar refractivity (Wildman–Crippen MR) is 68.9 cm³/mol. The van der Waals surface area contributed by atoms with Crippen LogP contribution >= 0.6 is 0 Å². The van der Waals surface area contributed by atoms with Gasteiger partial charge in [-0.1, -0.05) is 24.3 Å². The Labute approximate surface area is 103 Å². The lowest BCUT2D eigenvalue weighted by molar-refractivity contribution is -0.121. The van der Waals surface area contributed by atoms with E-state index in [0.29, 0.717) is 12.3 Å². The van der Waals surface area contributed by atoms with Crippen molar-refractivity contribution in [3.63, 3.8) is 0 Å². The molecular formula is C14H20N2O. The molecule has 1 saturated heterocycles. The Kier molecular flexibility index (Phi) is 4.15. The number of carbonyl (C=O) groups is 1. The van der Waals surface area contributed by atoms with E-state index >= 15 is 0 Å². The Hall–Kier alpha value is -1.35. The van der Waals surface area contributed by atoms with Crippen molar-refractivity contribution in [1.29, 1.82) is 0 Å². The summed E-state index contributed by atoms with van der Waals surface area (Å²) in [6, 6.07) is 8.24. The van der Waals surface area contributed by atoms with Crippen molar-refractivity contribution in [3.8, 4) is 0 Å². The molecule has 3 heteroatoms. The van der Waals surface area contributed by atoms with Crippen LogP contribution in [0.4, 0.5) is 0 Å². The maximum atomic E-state index is 11.6. The molecule has 1 amide bonds. The normalized spacial score (nSPS) is 15.4. The third-order valence-electron chi connectivity index (χ3n) is 3.34. The van der Waals surface area contributed by atoms with Crippen molar-refractivity contribution < 1.29 is 4.79 Å². The van der Waals surface area contributed by atoms with Crippen LogP contribution in [0.3, 0.4) is 0 Å². The van der Waals surface area contributed by atoms with Crippen LogP contribution in [-0.4, -0.2) is 25.5 Å². The van der Waals surface area contributed by atoms with Crippen molar-refractivity contribution in [2.75, 3.05) is 19.6 Å². The van der Waals surface area contributed by atoms with Gasteiger partial charge in [-0.05, 0) is 24.5 Å². The monoisotopic (exact) mass is 232 g/mol. The summed E-state index contributed by atoms with van der Waals surface area (Å²) in [6.07, 6.45) is 1.42. The summed E-state index contributed by atoms with van der Waals surface area (Å²) in [5.74, 6) is 0.803. The fourth-order valence-corrected chi connectivity index (χ4v) is 1.98. The van der Waals surface area contributed by atoms with Crippen molar-refractivity contribution >= 4 is 5.91 Å². The van der Waals surface area contributed by atoms with Gasteiger partial charge in [0.1, 0.15) is 0 Å². The fraction of sp³-hybridized carbons (Fsp3) is 0.500. The van der Waals surface area contributed by atoms with Crippen molar-refractivity contribution in [2.45, 2.75) is 19.8 Å². The number of carbonyl (C=O) groups excluding carboxylic acids is 1. The summed E-state index contributed by atoms with van der Waals surface area (Å²) in [5, 5.41) is 6.19. The third-order valence-corrected chi connectivity index (χ3v) is 3.34. The lowest BCUT2D eigenvalue weighted by Crippen LogP contribution is -2.48. The smallest absolute Gasteiger partial charge is 0.220 e. The molecule has 1 aromatic carbocycles. The summed E-state index contributed by atoms with van der Waals surface area (Å²) in [4.78, 5) is 11.6. The summed E-state index contributed by atoms with van der Waals surface area (Å²) in [5.41, 5.74) is 2.54. The average molecular weight is 232 g/mol. The van der Waals surface area contributed by atoms with Gasteiger partial charge < -0.3 is 10.6 Å². The first-order valence-electron chi connectivity index (χ1n) is 6.27. The quantitative estimate of drug-likeness (QED) is 0.802. The van der Waals surface area contributed by atoms with E-state index in [1.807, 2.05) is 12.1 Å². The molecule has 1 aliphatic heterocycles. The number of nitrogens with one attached hydrogen (secondary N) is 2. The first-order valence-corrected chi connectivity index (χ1v) is 6.27. The van der Waals surface area contributed by atoms with Gasteiger partial charge in [0.25, 0.3) is 0 Å². The molecule has 92 valence electrons. The van der Waals surface area contributed by atoms with Gasteiger partial charge >= 0.3 is 0 Å². The first kappa shape index (κ1) is 12.1. The van der Waals surface area contributed by atoms with Crippen LogP contribution < -0.4 is 10.6 Å². The maximum Gasteiger partial charge on any atom is 0.220 e. The van der Waals surface area contributed by atoms with Gasteiger partial charge in [-0.2, -0.15) is 0 Å². The van der Waals surface area contributed by atoms with Gasteiger partial charge in [-0.15, -0.1) is 0 Å². The molecule has 0 spiro atoms. The van der Waals surface area contributed by atoms with Gasteiger partial charge in [0.15, 0.2) is 0 Å². The molecule has 0 radical (unpaired) electrons. The molecular weight excluding hydrogens is 212 g/mol. The zero-order valence-corrected chi connectivity index (χ0v) is 10.3. The van der Waals surface area contributed by atoms with E-state index in [9.17, 15) is 4.79 Å². The number of aryl methyl sites for hydroxylation is 2. The molecule has 1 aromatic rings. The number of hydrogen-bond donors (Lipinski definition) is 2. The number of amides is 1. The second kappa shape index (κ2) is 5.82. The lowest BCUT2D eigenvalue weighted by atomic mass is 10.0. The highest BCUT2D eigenvalue weighted by Gasteiger charge is 2.16. The molecule has 0 unspecified atom stereocenters. The molecule has 2 rings (SSSR count). The van der Waals surface area contributed by atoms with Gasteiger partial charge in [-0.25, -0.2) is 0 Å². The van der Waals surface area contributed by atoms with Crippen LogP contribution in [0.5, 0.6) is 0 Å². The van der Waals surface area contributed by atoms with E-state index in [4.69, 9.17) is 0 Å². The second-order valence-electron chi connectivity index (χ2n) is 4.75. The minimum Gasteiger partial charge on any atom is -0.356 e. The fourth-order valence-electron chi connectivity index (χ4n) is 1.98. The molecule has 1 heterocycles. The average Bonchev–Trinajstić information content (AvgIpc) is 2.26. The van der Waals surface area contributed by atoms with Crippen LogP contribution in [0, 0.1) is 12.8 Å². The van der Waals surface area contributed by atoms with E-state index in [-0.39, 0.29) is 5.91 Å². The number of hydrogen-bond acceptors (Lipinski definition) is 2. The number of benzene rings is 1. The minimum absolute atomic E-state index is 0.167. The molecule has 3 nitrogen and oxygen atoms in total. The van der Waals surface area contributed by atoms with E-state index < -0.39 is 0 Å². The Bertz CT molecular complexity index is 386. The molecule has 0 atom stereocenters. The van der Waals surface area contributed by atoms with Gasteiger partial charge in [0.05, 0.1) is 0 Å². The molecule has 0 aliphatic carbocycles. The van der Waals surface area contributed by atoms with Crippen LogP contribution in [0.1, 0.15) is 17.5 Å². The highest BCUT2D eigenvalue weighted by Crippen LogP contribution is 2.09.